The Kier molecular flexibility index (Phi) is 4.05. The minimum absolute atomic E-state index is 0.396. The van der Waals surface area contributed by atoms with Crippen molar-refractivity contribution in [2.45, 2.75) is 38.5 Å². The molecule has 0 atom stereocenters. The first-order valence-corrected chi connectivity index (χ1v) is 6.67. The summed E-state index contributed by atoms with van der Waals surface area (Å²) >= 11 is 0. The highest BCUT2D eigenvalue weighted by Gasteiger charge is 2.29. The molecule has 4 heteroatoms. The van der Waals surface area contributed by atoms with E-state index >= 15 is 0 Å². The summed E-state index contributed by atoms with van der Waals surface area (Å²) in [4.78, 5) is 0. The maximum absolute atomic E-state index is 5.98. The molecule has 0 spiro atoms. The normalized spacial score (nSPS) is 19.2. The van der Waals surface area contributed by atoms with Gasteiger partial charge in [-0.2, -0.15) is 5.10 Å². The first-order valence-electron chi connectivity index (χ1n) is 6.67. The van der Waals surface area contributed by atoms with Crippen molar-refractivity contribution in [2.24, 2.45) is 18.2 Å². The number of anilines is 1. The lowest BCUT2D eigenvalue weighted by atomic mass is 9.72. The van der Waals surface area contributed by atoms with Gasteiger partial charge in [-0.3, -0.25) is 4.68 Å². The van der Waals surface area contributed by atoms with Gasteiger partial charge in [-0.15, -0.1) is 0 Å². The van der Waals surface area contributed by atoms with Crippen molar-refractivity contribution in [2.75, 3.05) is 18.4 Å². The van der Waals surface area contributed by atoms with E-state index in [1.165, 1.54) is 38.5 Å². The summed E-state index contributed by atoms with van der Waals surface area (Å²) in [6.07, 6.45) is 11.8. The fourth-order valence-electron chi connectivity index (χ4n) is 2.84. The van der Waals surface area contributed by atoms with E-state index in [4.69, 9.17) is 5.73 Å². The third-order valence-corrected chi connectivity index (χ3v) is 4.04. The van der Waals surface area contributed by atoms with E-state index in [1.54, 1.807) is 0 Å². The Hall–Kier alpha value is -1.03. The van der Waals surface area contributed by atoms with Crippen LogP contribution in [0.2, 0.25) is 0 Å². The van der Waals surface area contributed by atoms with E-state index in [2.05, 4.69) is 10.4 Å². The van der Waals surface area contributed by atoms with Gasteiger partial charge in [0.05, 0.1) is 11.9 Å². The SMILES string of the molecule is Cn1cc(NCCC2(CN)CCCCC2)cn1. The van der Waals surface area contributed by atoms with Crippen LogP contribution >= 0.6 is 0 Å². The number of hydrogen-bond acceptors (Lipinski definition) is 3. The van der Waals surface area contributed by atoms with Gasteiger partial charge in [0.2, 0.25) is 0 Å². The number of rotatable bonds is 5. The van der Waals surface area contributed by atoms with E-state index in [0.29, 0.717) is 5.41 Å². The largest absolute Gasteiger partial charge is 0.382 e. The molecule has 17 heavy (non-hydrogen) atoms. The van der Waals surface area contributed by atoms with Gasteiger partial charge in [0.15, 0.2) is 0 Å². The molecule has 0 aromatic carbocycles. The van der Waals surface area contributed by atoms with E-state index in [0.717, 1.165) is 18.8 Å². The third-order valence-electron chi connectivity index (χ3n) is 4.04. The maximum Gasteiger partial charge on any atom is 0.0726 e. The molecular weight excluding hydrogens is 212 g/mol. The van der Waals surface area contributed by atoms with Gasteiger partial charge in [-0.1, -0.05) is 19.3 Å². The highest BCUT2D eigenvalue weighted by molar-refractivity contribution is 5.37. The standard InChI is InChI=1S/C13H24N4/c1-17-10-12(9-16-17)15-8-7-13(11-14)5-3-2-4-6-13/h9-10,15H,2-8,11,14H2,1H3. The van der Waals surface area contributed by atoms with E-state index in [9.17, 15) is 0 Å². The lowest BCUT2D eigenvalue weighted by molar-refractivity contribution is 0.188. The summed E-state index contributed by atoms with van der Waals surface area (Å²) in [6, 6.07) is 0. The quantitative estimate of drug-likeness (QED) is 0.823. The number of hydrogen-bond donors (Lipinski definition) is 2. The smallest absolute Gasteiger partial charge is 0.0726 e. The van der Waals surface area contributed by atoms with Crippen molar-refractivity contribution in [3.63, 3.8) is 0 Å². The number of aromatic nitrogens is 2. The molecular formula is C13H24N4. The summed E-state index contributed by atoms with van der Waals surface area (Å²) < 4.78 is 1.82. The Morgan fingerprint density at radius 2 is 2.18 bits per heavy atom. The molecule has 1 saturated carbocycles. The maximum atomic E-state index is 5.98. The molecule has 0 radical (unpaired) electrons. The molecule has 0 bridgehead atoms. The molecule has 1 fully saturated rings. The molecule has 2 rings (SSSR count). The fourth-order valence-corrected chi connectivity index (χ4v) is 2.84. The summed E-state index contributed by atoms with van der Waals surface area (Å²) in [5.74, 6) is 0. The van der Waals surface area contributed by atoms with Crippen LogP contribution in [0.25, 0.3) is 0 Å². The van der Waals surface area contributed by atoms with Crippen molar-refractivity contribution < 1.29 is 0 Å². The van der Waals surface area contributed by atoms with Crippen LogP contribution in [0.5, 0.6) is 0 Å². The molecule has 0 saturated heterocycles. The predicted octanol–water partition coefficient (Wildman–Crippen LogP) is 2.13. The van der Waals surface area contributed by atoms with Gasteiger partial charge in [0.1, 0.15) is 0 Å². The van der Waals surface area contributed by atoms with Crippen molar-refractivity contribution >= 4 is 5.69 Å². The second-order valence-corrected chi connectivity index (χ2v) is 5.34. The van der Waals surface area contributed by atoms with Crippen LogP contribution in [0.3, 0.4) is 0 Å². The molecule has 0 aliphatic heterocycles. The summed E-state index contributed by atoms with van der Waals surface area (Å²) in [7, 11) is 1.94. The number of nitrogens with one attached hydrogen (secondary N) is 1. The zero-order chi connectivity index (χ0) is 12.1. The third kappa shape index (κ3) is 3.22. The van der Waals surface area contributed by atoms with Crippen LogP contribution in [0.4, 0.5) is 5.69 Å². The number of nitrogens with zero attached hydrogens (tertiary/aromatic N) is 2. The Labute approximate surface area is 104 Å². The van der Waals surface area contributed by atoms with Gasteiger partial charge < -0.3 is 11.1 Å². The first-order chi connectivity index (χ1) is 8.24. The molecule has 1 aromatic heterocycles. The van der Waals surface area contributed by atoms with Crippen molar-refractivity contribution in [3.8, 4) is 0 Å². The van der Waals surface area contributed by atoms with E-state index < -0.39 is 0 Å². The Morgan fingerprint density at radius 3 is 2.76 bits per heavy atom. The highest BCUT2D eigenvalue weighted by Crippen LogP contribution is 2.38. The highest BCUT2D eigenvalue weighted by atomic mass is 15.3. The molecule has 1 aromatic rings. The van der Waals surface area contributed by atoms with E-state index in [-0.39, 0.29) is 0 Å². The van der Waals surface area contributed by atoms with Crippen LogP contribution in [0.15, 0.2) is 12.4 Å². The molecule has 3 N–H and O–H groups in total. The Morgan fingerprint density at radius 1 is 1.41 bits per heavy atom. The van der Waals surface area contributed by atoms with Crippen molar-refractivity contribution in [3.05, 3.63) is 12.4 Å². The zero-order valence-electron chi connectivity index (χ0n) is 10.8. The molecule has 1 aliphatic rings. The minimum Gasteiger partial charge on any atom is -0.382 e. The minimum atomic E-state index is 0.396. The molecule has 4 nitrogen and oxygen atoms in total. The monoisotopic (exact) mass is 236 g/mol. The van der Waals surface area contributed by atoms with Crippen LogP contribution in [-0.2, 0) is 7.05 Å². The van der Waals surface area contributed by atoms with E-state index in [1.807, 2.05) is 24.1 Å². The lowest BCUT2D eigenvalue weighted by Crippen LogP contribution is -2.34. The van der Waals surface area contributed by atoms with Crippen molar-refractivity contribution in [1.29, 1.82) is 0 Å². The van der Waals surface area contributed by atoms with Gasteiger partial charge in [-0.05, 0) is 31.2 Å². The average molecular weight is 236 g/mol. The summed E-state index contributed by atoms with van der Waals surface area (Å²) in [5, 5.41) is 7.58. The van der Waals surface area contributed by atoms with Crippen LogP contribution in [0.1, 0.15) is 38.5 Å². The second kappa shape index (κ2) is 5.54. The lowest BCUT2D eigenvalue weighted by Gasteiger charge is -2.36. The molecule has 0 amide bonds. The Bertz CT molecular complexity index is 339. The second-order valence-electron chi connectivity index (χ2n) is 5.34. The van der Waals surface area contributed by atoms with Gasteiger partial charge in [0.25, 0.3) is 0 Å². The van der Waals surface area contributed by atoms with Gasteiger partial charge in [0, 0.05) is 19.8 Å². The number of nitrogens with two attached hydrogens (primary N) is 1. The predicted molar refractivity (Wildman–Crippen MR) is 70.9 cm³/mol. The van der Waals surface area contributed by atoms with Crippen molar-refractivity contribution in [1.82, 2.24) is 9.78 Å². The molecule has 96 valence electrons. The van der Waals surface area contributed by atoms with Crippen LogP contribution < -0.4 is 11.1 Å². The molecule has 1 aliphatic carbocycles. The number of aryl methyl sites for hydroxylation is 1. The topological polar surface area (TPSA) is 55.9 Å². The molecule has 1 heterocycles. The summed E-state index contributed by atoms with van der Waals surface area (Å²) in [5.41, 5.74) is 7.48. The fraction of sp³-hybridized carbons (Fsp3) is 0.769. The van der Waals surface area contributed by atoms with Gasteiger partial charge >= 0.3 is 0 Å². The van der Waals surface area contributed by atoms with Crippen LogP contribution in [-0.4, -0.2) is 22.9 Å². The Balaban J connectivity index is 1.79. The summed E-state index contributed by atoms with van der Waals surface area (Å²) in [6.45, 7) is 1.84. The molecule has 0 unspecified atom stereocenters. The zero-order valence-corrected chi connectivity index (χ0v) is 10.8. The first kappa shape index (κ1) is 12.4. The van der Waals surface area contributed by atoms with Gasteiger partial charge in [-0.25, -0.2) is 0 Å². The van der Waals surface area contributed by atoms with Crippen LogP contribution in [0, 0.1) is 5.41 Å². The average Bonchev–Trinajstić information content (AvgIpc) is 2.76.